The number of hydrogen-bond acceptors (Lipinski definition) is 5. The van der Waals surface area contributed by atoms with Crippen LogP contribution in [0.1, 0.15) is 45.9 Å². The molecule has 8 nitrogen and oxygen atoms in total. The van der Waals surface area contributed by atoms with E-state index in [1.165, 1.54) is 6.26 Å². The third-order valence-corrected chi connectivity index (χ3v) is 5.96. The maximum atomic E-state index is 12.8. The number of furan rings is 1. The van der Waals surface area contributed by atoms with Crippen LogP contribution in [0.25, 0.3) is 0 Å². The summed E-state index contributed by atoms with van der Waals surface area (Å²) in [6.45, 7) is 9.88. The van der Waals surface area contributed by atoms with Crippen molar-refractivity contribution in [2.45, 2.75) is 57.2 Å². The highest BCUT2D eigenvalue weighted by Gasteiger charge is 2.27. The lowest BCUT2D eigenvalue weighted by atomic mass is 10.0. The number of halogens is 1. The van der Waals surface area contributed by atoms with Crippen LogP contribution in [0.2, 0.25) is 0 Å². The maximum absolute atomic E-state index is 12.8. The summed E-state index contributed by atoms with van der Waals surface area (Å²) in [6.07, 6.45) is 1.51. The van der Waals surface area contributed by atoms with Crippen molar-refractivity contribution in [3.8, 4) is 0 Å². The molecule has 0 aliphatic heterocycles. The second-order valence-electron chi connectivity index (χ2n) is 8.26. The summed E-state index contributed by atoms with van der Waals surface area (Å²) in [7, 11) is -3.69. The van der Waals surface area contributed by atoms with E-state index < -0.39 is 21.2 Å². The minimum atomic E-state index is -3.69. The molecule has 1 aromatic heterocycles. The Labute approximate surface area is 202 Å². The van der Waals surface area contributed by atoms with E-state index >= 15 is 0 Å². The van der Waals surface area contributed by atoms with Gasteiger partial charge in [0.2, 0.25) is 10.0 Å². The average molecular weight is 564 g/mol. The van der Waals surface area contributed by atoms with Gasteiger partial charge in [0.1, 0.15) is 11.4 Å². The van der Waals surface area contributed by atoms with Crippen LogP contribution >= 0.6 is 24.0 Å². The van der Waals surface area contributed by atoms with Gasteiger partial charge < -0.3 is 20.2 Å². The molecule has 0 radical (unpaired) electrons. The summed E-state index contributed by atoms with van der Waals surface area (Å²) >= 11 is 0. The van der Waals surface area contributed by atoms with Crippen LogP contribution in [0.15, 0.2) is 57.0 Å². The van der Waals surface area contributed by atoms with Gasteiger partial charge in [-0.05, 0) is 58.4 Å². The third-order valence-electron chi connectivity index (χ3n) is 4.11. The molecule has 0 saturated carbocycles. The van der Waals surface area contributed by atoms with Gasteiger partial charge in [-0.1, -0.05) is 18.2 Å². The summed E-state index contributed by atoms with van der Waals surface area (Å²) in [6, 6.07) is 10.2. The molecule has 0 bridgehead atoms. The molecule has 174 valence electrons. The lowest BCUT2D eigenvalue weighted by Gasteiger charge is -2.23. The third kappa shape index (κ3) is 8.43. The monoisotopic (exact) mass is 564 g/mol. The predicted octanol–water partition coefficient (Wildman–Crippen LogP) is 2.94. The predicted molar refractivity (Wildman–Crippen MR) is 133 cm³/mol. The molecule has 1 aromatic carbocycles. The molecule has 1 atom stereocenters. The van der Waals surface area contributed by atoms with Crippen LogP contribution in [0.3, 0.4) is 0 Å². The van der Waals surface area contributed by atoms with Gasteiger partial charge in [0, 0.05) is 12.1 Å². The van der Waals surface area contributed by atoms with Crippen molar-refractivity contribution >= 4 is 40.0 Å². The molecular formula is C21H33IN4O4S. The molecule has 31 heavy (non-hydrogen) atoms. The first kappa shape index (κ1) is 27.4. The number of nitrogens with zero attached hydrogens (tertiary/aromatic N) is 1. The van der Waals surface area contributed by atoms with E-state index in [1.807, 2.05) is 6.92 Å². The number of guanidine groups is 1. The van der Waals surface area contributed by atoms with Crippen LogP contribution in [0.5, 0.6) is 0 Å². The minimum absolute atomic E-state index is 0. The molecule has 2 rings (SSSR count). The van der Waals surface area contributed by atoms with Gasteiger partial charge in [0.25, 0.3) is 0 Å². The van der Waals surface area contributed by atoms with Gasteiger partial charge >= 0.3 is 0 Å². The number of hydrogen-bond donors (Lipinski definition) is 4. The maximum Gasteiger partial charge on any atom is 0.241 e. The summed E-state index contributed by atoms with van der Waals surface area (Å²) in [5, 5.41) is 16.8. The van der Waals surface area contributed by atoms with E-state index in [0.29, 0.717) is 23.8 Å². The van der Waals surface area contributed by atoms with E-state index in [9.17, 15) is 13.5 Å². The highest BCUT2D eigenvalue weighted by Crippen LogP contribution is 2.20. The topological polar surface area (TPSA) is 116 Å². The Morgan fingerprint density at radius 2 is 1.77 bits per heavy atom. The summed E-state index contributed by atoms with van der Waals surface area (Å²) < 4.78 is 33.6. The Bertz CT molecular complexity index is 952. The largest absolute Gasteiger partial charge is 0.466 e. The first-order chi connectivity index (χ1) is 13.9. The van der Waals surface area contributed by atoms with Crippen molar-refractivity contribution in [2.24, 2.45) is 4.99 Å². The van der Waals surface area contributed by atoms with Gasteiger partial charge in [-0.15, -0.1) is 24.0 Å². The Hall–Kier alpha value is -1.63. The van der Waals surface area contributed by atoms with Gasteiger partial charge in [0.05, 0.1) is 24.2 Å². The van der Waals surface area contributed by atoms with Crippen molar-refractivity contribution in [3.05, 3.63) is 54.0 Å². The number of aliphatic hydroxyl groups is 1. The number of benzene rings is 1. The lowest BCUT2D eigenvalue weighted by Crippen LogP contribution is -2.44. The minimum Gasteiger partial charge on any atom is -0.466 e. The molecule has 4 N–H and O–H groups in total. The van der Waals surface area contributed by atoms with Crippen LogP contribution in [-0.4, -0.2) is 38.1 Å². The van der Waals surface area contributed by atoms with Gasteiger partial charge in [-0.3, -0.25) is 0 Å². The Balaban J connectivity index is 0.00000480. The molecule has 1 unspecified atom stereocenters. The van der Waals surface area contributed by atoms with E-state index in [0.717, 1.165) is 0 Å². The Kier molecular flexibility index (Phi) is 9.99. The smallest absolute Gasteiger partial charge is 0.241 e. The van der Waals surface area contributed by atoms with Crippen LogP contribution in [0, 0.1) is 0 Å². The average Bonchev–Trinajstić information content (AvgIpc) is 3.18. The zero-order valence-corrected chi connectivity index (χ0v) is 21.7. The first-order valence-electron chi connectivity index (χ1n) is 9.85. The molecule has 0 spiro atoms. The number of sulfonamides is 1. The number of nitrogens with one attached hydrogen (secondary N) is 3. The summed E-state index contributed by atoms with van der Waals surface area (Å²) in [4.78, 5) is 4.70. The molecule has 0 saturated heterocycles. The van der Waals surface area contributed by atoms with Crippen LogP contribution < -0.4 is 15.4 Å². The molecule has 1 heterocycles. The molecular weight excluding hydrogens is 531 g/mol. The zero-order valence-electron chi connectivity index (χ0n) is 18.6. The summed E-state index contributed by atoms with van der Waals surface area (Å²) in [5.74, 6) is 0.899. The first-order valence-corrected chi connectivity index (χ1v) is 11.3. The second kappa shape index (κ2) is 11.3. The molecule has 2 aromatic rings. The molecule has 0 amide bonds. The van der Waals surface area contributed by atoms with Gasteiger partial charge in [0.15, 0.2) is 5.96 Å². The van der Waals surface area contributed by atoms with E-state index in [1.54, 1.807) is 64.1 Å². The highest BCUT2D eigenvalue weighted by molar-refractivity contribution is 14.0. The number of aliphatic imine (C=N–C) groups is 1. The fraction of sp³-hybridized carbons (Fsp3) is 0.476. The van der Waals surface area contributed by atoms with Gasteiger partial charge in [-0.2, -0.15) is 0 Å². The quantitative estimate of drug-likeness (QED) is 0.223. The SMILES string of the molecule is CCNC(=NCc1ccccc1S(=O)(=O)NC(C)(C)C)NCC(C)(O)c1ccco1.I. The van der Waals surface area contributed by atoms with Crippen LogP contribution in [-0.2, 0) is 22.2 Å². The van der Waals surface area contributed by atoms with Gasteiger partial charge in [-0.25, -0.2) is 18.1 Å². The van der Waals surface area contributed by atoms with Crippen molar-refractivity contribution in [3.63, 3.8) is 0 Å². The standard InChI is InChI=1S/C21H32N4O4S.HI/c1-6-22-19(24-15-21(5,26)18-12-9-13-29-18)23-14-16-10-7-8-11-17(16)30(27,28)25-20(2,3)4;/h7-13,25-26H,6,14-15H2,1-5H3,(H2,22,23,24);1H. The van der Waals surface area contributed by atoms with Crippen molar-refractivity contribution in [1.29, 1.82) is 0 Å². The highest BCUT2D eigenvalue weighted by atomic mass is 127. The zero-order chi connectivity index (χ0) is 22.4. The van der Waals surface area contributed by atoms with E-state index in [4.69, 9.17) is 4.42 Å². The second-order valence-corrected chi connectivity index (χ2v) is 9.91. The number of rotatable bonds is 8. The molecule has 0 aliphatic carbocycles. The van der Waals surface area contributed by atoms with Crippen molar-refractivity contribution < 1.29 is 17.9 Å². The lowest BCUT2D eigenvalue weighted by molar-refractivity contribution is 0.0386. The molecule has 0 aliphatic rings. The van der Waals surface area contributed by atoms with Crippen molar-refractivity contribution in [2.75, 3.05) is 13.1 Å². The van der Waals surface area contributed by atoms with Crippen molar-refractivity contribution in [1.82, 2.24) is 15.4 Å². The van der Waals surface area contributed by atoms with Crippen LogP contribution in [0.4, 0.5) is 0 Å². The normalized spacial score (nSPS) is 14.5. The Morgan fingerprint density at radius 3 is 2.35 bits per heavy atom. The fourth-order valence-electron chi connectivity index (χ4n) is 2.79. The molecule has 10 heteroatoms. The molecule has 0 fully saturated rings. The summed E-state index contributed by atoms with van der Waals surface area (Å²) in [5.41, 5.74) is -1.25. The fourth-order valence-corrected chi connectivity index (χ4v) is 4.44. The Morgan fingerprint density at radius 1 is 1.10 bits per heavy atom. The van der Waals surface area contributed by atoms with E-state index in [2.05, 4.69) is 20.3 Å². The van der Waals surface area contributed by atoms with E-state index in [-0.39, 0.29) is 42.0 Å².